The van der Waals surface area contributed by atoms with E-state index in [1.165, 1.54) is 17.4 Å². The van der Waals surface area contributed by atoms with Crippen LogP contribution in [0.5, 0.6) is 0 Å². The van der Waals surface area contributed by atoms with Crippen LogP contribution >= 0.6 is 22.7 Å². The summed E-state index contributed by atoms with van der Waals surface area (Å²) < 4.78 is 26.9. The summed E-state index contributed by atoms with van der Waals surface area (Å²) in [6.07, 6.45) is 0.617. The normalized spacial score (nSPS) is 10.9. The zero-order valence-electron chi connectivity index (χ0n) is 10.6. The molecule has 0 saturated carbocycles. The Morgan fingerprint density at radius 3 is 2.70 bits per heavy atom. The van der Waals surface area contributed by atoms with E-state index in [-0.39, 0.29) is 5.56 Å². The number of thiazole rings is 2. The largest absolute Gasteiger partial charge is 0.246 e. The van der Waals surface area contributed by atoms with Crippen LogP contribution in [0, 0.1) is 18.6 Å². The first-order valence-electron chi connectivity index (χ1n) is 5.92. The van der Waals surface area contributed by atoms with Crippen LogP contribution in [0.3, 0.4) is 0 Å². The topological polar surface area (TPSA) is 25.8 Å². The Kier molecular flexibility index (Phi) is 3.58. The van der Waals surface area contributed by atoms with Crippen LogP contribution in [-0.4, -0.2) is 9.97 Å². The Labute approximate surface area is 122 Å². The van der Waals surface area contributed by atoms with Crippen molar-refractivity contribution in [3.05, 3.63) is 56.3 Å². The van der Waals surface area contributed by atoms with Crippen LogP contribution in [0.2, 0.25) is 0 Å². The number of aryl methyl sites for hydroxylation is 1. The highest BCUT2D eigenvalue weighted by atomic mass is 32.1. The van der Waals surface area contributed by atoms with Gasteiger partial charge in [-0.1, -0.05) is 0 Å². The SMILES string of the molecule is Cc1nc(Cc2nc(-c3cc(F)ccc3F)cs2)cs1. The summed E-state index contributed by atoms with van der Waals surface area (Å²) in [5.74, 6) is -0.932. The van der Waals surface area contributed by atoms with Crippen molar-refractivity contribution in [2.45, 2.75) is 13.3 Å². The molecule has 0 amide bonds. The van der Waals surface area contributed by atoms with E-state index in [0.29, 0.717) is 12.1 Å². The Bertz CT molecular complexity index is 749. The van der Waals surface area contributed by atoms with Crippen molar-refractivity contribution in [3.8, 4) is 11.3 Å². The number of hydrogen-bond donors (Lipinski definition) is 0. The van der Waals surface area contributed by atoms with E-state index in [4.69, 9.17) is 0 Å². The van der Waals surface area contributed by atoms with Gasteiger partial charge in [0.25, 0.3) is 0 Å². The van der Waals surface area contributed by atoms with Gasteiger partial charge in [-0.2, -0.15) is 0 Å². The van der Waals surface area contributed by atoms with Gasteiger partial charge in [-0.25, -0.2) is 18.7 Å². The van der Waals surface area contributed by atoms with Gasteiger partial charge in [0.1, 0.15) is 11.6 Å². The molecule has 2 aromatic heterocycles. The summed E-state index contributed by atoms with van der Waals surface area (Å²) in [6.45, 7) is 1.95. The smallest absolute Gasteiger partial charge is 0.132 e. The van der Waals surface area contributed by atoms with Crippen LogP contribution < -0.4 is 0 Å². The minimum absolute atomic E-state index is 0.196. The third-order valence-corrected chi connectivity index (χ3v) is 4.43. The molecule has 0 spiro atoms. The monoisotopic (exact) mass is 308 g/mol. The van der Waals surface area contributed by atoms with Gasteiger partial charge in [-0.3, -0.25) is 0 Å². The van der Waals surface area contributed by atoms with Gasteiger partial charge >= 0.3 is 0 Å². The summed E-state index contributed by atoms with van der Waals surface area (Å²) >= 11 is 3.01. The molecule has 6 heteroatoms. The molecule has 3 aromatic rings. The van der Waals surface area contributed by atoms with E-state index >= 15 is 0 Å². The Hall–Kier alpha value is -1.66. The second-order valence-corrected chi connectivity index (χ2v) is 6.29. The first-order valence-corrected chi connectivity index (χ1v) is 7.68. The van der Waals surface area contributed by atoms with Crippen LogP contribution in [0.25, 0.3) is 11.3 Å². The van der Waals surface area contributed by atoms with E-state index in [1.807, 2.05) is 12.3 Å². The number of halogens is 2. The second kappa shape index (κ2) is 5.38. The lowest BCUT2D eigenvalue weighted by Crippen LogP contribution is -1.90. The van der Waals surface area contributed by atoms with Gasteiger partial charge in [0.15, 0.2) is 0 Å². The fourth-order valence-corrected chi connectivity index (χ4v) is 3.28. The van der Waals surface area contributed by atoms with Crippen molar-refractivity contribution >= 4 is 22.7 Å². The Balaban J connectivity index is 1.88. The fraction of sp³-hybridized carbons (Fsp3) is 0.143. The van der Waals surface area contributed by atoms with E-state index in [2.05, 4.69) is 9.97 Å². The lowest BCUT2D eigenvalue weighted by molar-refractivity contribution is 0.602. The maximum atomic E-state index is 13.7. The zero-order valence-corrected chi connectivity index (χ0v) is 12.2. The highest BCUT2D eigenvalue weighted by Gasteiger charge is 2.11. The van der Waals surface area contributed by atoms with Crippen molar-refractivity contribution in [3.63, 3.8) is 0 Å². The summed E-state index contributed by atoms with van der Waals surface area (Å²) in [4.78, 5) is 8.73. The standard InChI is InChI=1S/C14H10F2N2S2/c1-8-17-10(6-19-8)5-14-18-13(7-20-14)11-4-9(15)2-3-12(11)16/h2-4,6-7H,5H2,1H3. The van der Waals surface area contributed by atoms with Crippen molar-refractivity contribution < 1.29 is 8.78 Å². The molecule has 0 N–H and O–H groups in total. The van der Waals surface area contributed by atoms with Crippen LogP contribution in [-0.2, 0) is 6.42 Å². The lowest BCUT2D eigenvalue weighted by Gasteiger charge is -1.99. The van der Waals surface area contributed by atoms with Gasteiger partial charge in [-0.05, 0) is 25.1 Å². The average molecular weight is 308 g/mol. The van der Waals surface area contributed by atoms with Crippen LogP contribution in [0.1, 0.15) is 15.7 Å². The molecular weight excluding hydrogens is 298 g/mol. The predicted molar refractivity (Wildman–Crippen MR) is 77.1 cm³/mol. The Morgan fingerprint density at radius 2 is 1.95 bits per heavy atom. The molecule has 3 rings (SSSR count). The molecule has 2 nitrogen and oxygen atoms in total. The van der Waals surface area contributed by atoms with Crippen molar-refractivity contribution in [1.29, 1.82) is 0 Å². The molecule has 0 bridgehead atoms. The number of hydrogen-bond acceptors (Lipinski definition) is 4. The van der Waals surface area contributed by atoms with Gasteiger partial charge in [0.05, 0.1) is 21.4 Å². The molecule has 20 heavy (non-hydrogen) atoms. The highest BCUT2D eigenvalue weighted by Crippen LogP contribution is 2.26. The summed E-state index contributed by atoms with van der Waals surface area (Å²) in [5, 5.41) is 5.58. The minimum Gasteiger partial charge on any atom is -0.246 e. The van der Waals surface area contributed by atoms with Gasteiger partial charge in [0, 0.05) is 22.7 Å². The zero-order chi connectivity index (χ0) is 14.1. The minimum atomic E-state index is -0.467. The molecule has 2 heterocycles. The average Bonchev–Trinajstić information content (AvgIpc) is 3.02. The number of rotatable bonds is 3. The molecule has 0 fully saturated rings. The first kappa shape index (κ1) is 13.3. The van der Waals surface area contributed by atoms with Crippen LogP contribution in [0.15, 0.2) is 29.0 Å². The molecule has 0 saturated heterocycles. The molecule has 0 unspecified atom stereocenters. The predicted octanol–water partition coefficient (Wildman–Crippen LogP) is 4.44. The highest BCUT2D eigenvalue weighted by molar-refractivity contribution is 7.10. The molecule has 0 atom stereocenters. The number of aromatic nitrogens is 2. The van der Waals surface area contributed by atoms with E-state index in [9.17, 15) is 8.78 Å². The number of nitrogens with zero attached hydrogens (tertiary/aromatic N) is 2. The quantitative estimate of drug-likeness (QED) is 0.714. The molecule has 1 aromatic carbocycles. The fourth-order valence-electron chi connectivity index (χ4n) is 1.85. The van der Waals surface area contributed by atoms with Crippen molar-refractivity contribution in [2.24, 2.45) is 0 Å². The van der Waals surface area contributed by atoms with E-state index in [0.717, 1.165) is 27.8 Å². The lowest BCUT2D eigenvalue weighted by atomic mass is 10.1. The van der Waals surface area contributed by atoms with Gasteiger partial charge in [0.2, 0.25) is 0 Å². The maximum absolute atomic E-state index is 13.7. The molecule has 0 aliphatic carbocycles. The molecule has 0 aliphatic rings. The van der Waals surface area contributed by atoms with E-state index in [1.54, 1.807) is 16.7 Å². The summed E-state index contributed by atoms with van der Waals surface area (Å²) in [7, 11) is 0. The van der Waals surface area contributed by atoms with Crippen molar-refractivity contribution in [1.82, 2.24) is 9.97 Å². The van der Waals surface area contributed by atoms with Gasteiger partial charge < -0.3 is 0 Å². The molecular formula is C14H10F2N2S2. The van der Waals surface area contributed by atoms with E-state index < -0.39 is 11.6 Å². The van der Waals surface area contributed by atoms with Crippen LogP contribution in [0.4, 0.5) is 8.78 Å². The maximum Gasteiger partial charge on any atom is 0.132 e. The third kappa shape index (κ3) is 2.76. The van der Waals surface area contributed by atoms with Gasteiger partial charge in [-0.15, -0.1) is 22.7 Å². The molecule has 0 radical (unpaired) electrons. The second-order valence-electron chi connectivity index (χ2n) is 4.29. The molecule has 102 valence electrons. The van der Waals surface area contributed by atoms with Crippen molar-refractivity contribution in [2.75, 3.05) is 0 Å². The summed E-state index contributed by atoms with van der Waals surface area (Å²) in [5.41, 5.74) is 1.61. The molecule has 0 aliphatic heterocycles. The third-order valence-electron chi connectivity index (χ3n) is 2.76. The first-order chi connectivity index (χ1) is 9.61. The summed E-state index contributed by atoms with van der Waals surface area (Å²) in [6, 6.07) is 3.39. The number of benzene rings is 1. The Morgan fingerprint density at radius 1 is 1.10 bits per heavy atom.